The molecule has 0 unspecified atom stereocenters. The van der Waals surface area contributed by atoms with Crippen molar-refractivity contribution in [3.05, 3.63) is 18.2 Å². The lowest BCUT2D eigenvalue weighted by molar-refractivity contribution is 0.166. The van der Waals surface area contributed by atoms with E-state index in [0.717, 1.165) is 31.2 Å². The summed E-state index contributed by atoms with van der Waals surface area (Å²) in [6, 6.07) is 5.55. The fourth-order valence-corrected chi connectivity index (χ4v) is 6.19. The molecule has 1 saturated carbocycles. The molecule has 0 bridgehead atoms. The van der Waals surface area contributed by atoms with E-state index in [4.69, 9.17) is 0 Å². The molecule has 31 heavy (non-hydrogen) atoms. The highest BCUT2D eigenvalue weighted by atomic mass is 32.2. The maximum absolute atomic E-state index is 12.8. The van der Waals surface area contributed by atoms with Gasteiger partial charge < -0.3 is 10.2 Å². The van der Waals surface area contributed by atoms with Crippen molar-refractivity contribution in [2.75, 3.05) is 26.2 Å². The maximum atomic E-state index is 12.8. The van der Waals surface area contributed by atoms with Crippen LogP contribution in [-0.2, 0) is 10.0 Å². The number of amides is 2. The van der Waals surface area contributed by atoms with Gasteiger partial charge in [-0.15, -0.1) is 5.10 Å². The quantitative estimate of drug-likeness (QED) is 0.732. The first-order valence-electron chi connectivity index (χ1n) is 11.3. The molecule has 10 heteroatoms. The van der Waals surface area contributed by atoms with Gasteiger partial charge in [0.2, 0.25) is 10.0 Å². The molecule has 1 saturated heterocycles. The monoisotopic (exact) mass is 448 g/mol. The fraction of sp³-hybridized carbons (Fsp3) is 0.667. The van der Waals surface area contributed by atoms with Crippen molar-refractivity contribution in [2.45, 2.75) is 69.4 Å². The number of likely N-dealkylation sites (tertiary alicyclic amines) is 1. The summed E-state index contributed by atoms with van der Waals surface area (Å²) >= 11 is 0. The van der Waals surface area contributed by atoms with Gasteiger partial charge in [-0.1, -0.05) is 31.9 Å². The predicted octanol–water partition coefficient (Wildman–Crippen LogP) is 2.75. The average molecular weight is 449 g/mol. The summed E-state index contributed by atoms with van der Waals surface area (Å²) in [5.74, 6) is 0. The third kappa shape index (κ3) is 4.41. The molecule has 0 radical (unpaired) electrons. The summed E-state index contributed by atoms with van der Waals surface area (Å²) in [6.45, 7) is 5.87. The molecule has 0 spiro atoms. The van der Waals surface area contributed by atoms with E-state index in [1.165, 1.54) is 17.1 Å². The van der Waals surface area contributed by atoms with E-state index < -0.39 is 10.0 Å². The number of benzene rings is 1. The third-order valence-electron chi connectivity index (χ3n) is 6.57. The van der Waals surface area contributed by atoms with Crippen LogP contribution in [0.5, 0.6) is 0 Å². The Kier molecular flexibility index (Phi) is 6.47. The van der Waals surface area contributed by atoms with E-state index in [1.54, 1.807) is 18.2 Å². The van der Waals surface area contributed by atoms with E-state index in [9.17, 15) is 13.2 Å². The van der Waals surface area contributed by atoms with Gasteiger partial charge in [-0.25, -0.2) is 17.9 Å². The molecule has 1 aromatic heterocycles. The molecule has 2 amide bonds. The van der Waals surface area contributed by atoms with Crippen LogP contribution in [0, 0.1) is 0 Å². The molecular formula is C21H32N6O3S. The highest BCUT2D eigenvalue weighted by molar-refractivity contribution is 7.89. The average Bonchev–Trinajstić information content (AvgIpc) is 3.43. The number of carbonyl (C=O) groups excluding carboxylic acids is 1. The third-order valence-corrected chi connectivity index (χ3v) is 8.61. The van der Waals surface area contributed by atoms with E-state index in [2.05, 4.69) is 15.6 Å². The van der Waals surface area contributed by atoms with Crippen molar-refractivity contribution in [1.82, 2.24) is 29.5 Å². The standard InChI is InChI=1S/C21H32N6O3S/c1-3-26(4-2)31(29,30)18-9-10-20-19(15-18)23-24-27(20)17-11-13-25(14-12-17)21(28)22-16-7-5-6-8-16/h9-10,15-17H,3-8,11-14H2,1-2H3,(H,22,28). The molecule has 2 aromatic rings. The van der Waals surface area contributed by atoms with Gasteiger partial charge in [0, 0.05) is 32.2 Å². The molecule has 2 fully saturated rings. The van der Waals surface area contributed by atoms with Crippen LogP contribution in [0.1, 0.15) is 58.4 Å². The van der Waals surface area contributed by atoms with Gasteiger partial charge >= 0.3 is 6.03 Å². The Morgan fingerprint density at radius 3 is 2.45 bits per heavy atom. The number of aromatic nitrogens is 3. The summed E-state index contributed by atoms with van der Waals surface area (Å²) in [4.78, 5) is 14.7. The van der Waals surface area contributed by atoms with E-state index in [-0.39, 0.29) is 17.0 Å². The Morgan fingerprint density at radius 1 is 1.13 bits per heavy atom. The number of hydrogen-bond donors (Lipinski definition) is 1. The normalized spacial score (nSPS) is 18.9. The van der Waals surface area contributed by atoms with Crippen molar-refractivity contribution in [2.24, 2.45) is 0 Å². The van der Waals surface area contributed by atoms with Crippen LogP contribution < -0.4 is 5.32 Å². The number of rotatable bonds is 6. The molecule has 2 aliphatic rings. The van der Waals surface area contributed by atoms with Crippen LogP contribution in [0.15, 0.2) is 23.1 Å². The minimum absolute atomic E-state index is 0.0417. The molecule has 170 valence electrons. The van der Waals surface area contributed by atoms with Gasteiger partial charge in [0.25, 0.3) is 0 Å². The van der Waals surface area contributed by atoms with Crippen LogP contribution in [0.25, 0.3) is 11.0 Å². The number of nitrogens with zero attached hydrogens (tertiary/aromatic N) is 5. The molecule has 1 aliphatic carbocycles. The lowest BCUT2D eigenvalue weighted by Gasteiger charge is -2.33. The number of sulfonamides is 1. The van der Waals surface area contributed by atoms with Gasteiger partial charge in [-0.2, -0.15) is 4.31 Å². The molecule has 1 N–H and O–H groups in total. The first-order valence-corrected chi connectivity index (χ1v) is 12.8. The van der Waals surface area contributed by atoms with Gasteiger partial charge in [0.1, 0.15) is 5.52 Å². The topological polar surface area (TPSA) is 100 Å². The molecule has 1 aliphatic heterocycles. The second-order valence-electron chi connectivity index (χ2n) is 8.42. The van der Waals surface area contributed by atoms with E-state index >= 15 is 0 Å². The van der Waals surface area contributed by atoms with Gasteiger partial charge in [0.05, 0.1) is 16.5 Å². The Bertz CT molecular complexity index is 1020. The molecule has 4 rings (SSSR count). The number of nitrogens with one attached hydrogen (secondary N) is 1. The van der Waals surface area contributed by atoms with E-state index in [1.807, 2.05) is 23.4 Å². The maximum Gasteiger partial charge on any atom is 0.317 e. The highest BCUT2D eigenvalue weighted by Gasteiger charge is 2.28. The van der Waals surface area contributed by atoms with Crippen molar-refractivity contribution < 1.29 is 13.2 Å². The lowest BCUT2D eigenvalue weighted by Crippen LogP contribution is -2.47. The van der Waals surface area contributed by atoms with Crippen LogP contribution in [0.4, 0.5) is 4.79 Å². The van der Waals surface area contributed by atoms with Crippen molar-refractivity contribution in [3.63, 3.8) is 0 Å². The Balaban J connectivity index is 1.44. The zero-order chi connectivity index (χ0) is 22.0. The van der Waals surface area contributed by atoms with Crippen molar-refractivity contribution in [1.29, 1.82) is 0 Å². The lowest BCUT2D eigenvalue weighted by atomic mass is 10.1. The highest BCUT2D eigenvalue weighted by Crippen LogP contribution is 2.27. The summed E-state index contributed by atoms with van der Waals surface area (Å²) in [6.07, 6.45) is 6.17. The van der Waals surface area contributed by atoms with Gasteiger partial charge in [-0.05, 0) is 43.9 Å². The Hall–Kier alpha value is -2.20. The Labute approximate surface area is 183 Å². The minimum atomic E-state index is -3.53. The van der Waals surface area contributed by atoms with Crippen LogP contribution in [0.3, 0.4) is 0 Å². The van der Waals surface area contributed by atoms with Crippen LogP contribution in [-0.4, -0.2) is 70.9 Å². The molecule has 9 nitrogen and oxygen atoms in total. The smallest absolute Gasteiger partial charge is 0.317 e. The first kappa shape index (κ1) is 22.0. The van der Waals surface area contributed by atoms with Crippen LogP contribution >= 0.6 is 0 Å². The zero-order valence-corrected chi connectivity index (χ0v) is 19.1. The molecule has 2 heterocycles. The van der Waals surface area contributed by atoms with Crippen LogP contribution in [0.2, 0.25) is 0 Å². The summed E-state index contributed by atoms with van der Waals surface area (Å²) in [5, 5.41) is 11.7. The van der Waals surface area contributed by atoms with Gasteiger partial charge in [-0.3, -0.25) is 0 Å². The molecular weight excluding hydrogens is 416 g/mol. The minimum Gasteiger partial charge on any atom is -0.335 e. The molecule has 1 aromatic carbocycles. The largest absolute Gasteiger partial charge is 0.335 e. The second kappa shape index (κ2) is 9.12. The zero-order valence-electron chi connectivity index (χ0n) is 18.3. The Morgan fingerprint density at radius 2 is 1.81 bits per heavy atom. The summed E-state index contributed by atoms with van der Waals surface area (Å²) in [7, 11) is -3.53. The second-order valence-corrected chi connectivity index (χ2v) is 10.4. The fourth-order valence-electron chi connectivity index (χ4n) is 4.71. The van der Waals surface area contributed by atoms with Gasteiger partial charge in [0.15, 0.2) is 0 Å². The predicted molar refractivity (Wildman–Crippen MR) is 118 cm³/mol. The summed E-state index contributed by atoms with van der Waals surface area (Å²) < 4.78 is 28.9. The summed E-state index contributed by atoms with van der Waals surface area (Å²) in [5.41, 5.74) is 1.40. The number of piperidine rings is 1. The number of fused-ring (bicyclic) bond motifs is 1. The number of carbonyl (C=O) groups is 1. The van der Waals surface area contributed by atoms with Crippen molar-refractivity contribution >= 4 is 27.1 Å². The first-order chi connectivity index (χ1) is 14.9. The number of urea groups is 1. The van der Waals surface area contributed by atoms with Crippen molar-refractivity contribution in [3.8, 4) is 0 Å². The number of hydrogen-bond acceptors (Lipinski definition) is 5. The SMILES string of the molecule is CCN(CC)S(=O)(=O)c1ccc2c(c1)nnn2C1CCN(C(=O)NC2CCCC2)CC1. The molecule has 0 atom stereocenters. The van der Waals surface area contributed by atoms with E-state index in [0.29, 0.717) is 37.7 Å².